The van der Waals surface area contributed by atoms with Crippen LogP contribution in [0, 0.1) is 0 Å². The molecule has 0 amide bonds. The molecule has 1 aliphatic rings. The van der Waals surface area contributed by atoms with Gasteiger partial charge in [-0.3, -0.25) is 0 Å². The second-order valence-corrected chi connectivity index (χ2v) is 6.42. The molecule has 0 aromatic carbocycles. The lowest BCUT2D eigenvalue weighted by Gasteiger charge is -2.27. The van der Waals surface area contributed by atoms with Gasteiger partial charge in [-0.2, -0.15) is 0 Å². The fraction of sp³-hybridized carbons (Fsp3) is 0.600. The number of nitrogens with zero attached hydrogens (tertiary/aromatic N) is 3. The third-order valence-electron chi connectivity index (χ3n) is 4.26. The minimum Gasteiger partial charge on any atom is -0.390 e. The van der Waals surface area contributed by atoms with Gasteiger partial charge in [-0.1, -0.05) is 24.5 Å². The predicted octanol–water partition coefficient (Wildman–Crippen LogP) is 1.52. The Morgan fingerprint density at radius 1 is 1.30 bits per heavy atom. The van der Waals surface area contributed by atoms with E-state index in [1.54, 1.807) is 13.1 Å². The molecule has 0 bridgehead atoms. The lowest BCUT2D eigenvalue weighted by molar-refractivity contribution is 0.178. The van der Waals surface area contributed by atoms with Crippen molar-refractivity contribution in [3.05, 3.63) is 18.1 Å². The summed E-state index contributed by atoms with van der Waals surface area (Å²) < 4.78 is 2.14. The number of pyridine rings is 1. The van der Waals surface area contributed by atoms with E-state index in [9.17, 15) is 5.11 Å². The average molecular weight is 304 g/mol. The van der Waals surface area contributed by atoms with Crippen LogP contribution in [0.3, 0.4) is 0 Å². The van der Waals surface area contributed by atoms with Crippen LogP contribution in [-0.4, -0.2) is 48.4 Å². The molecule has 2 N–H and O–H groups in total. The molecule has 8 heteroatoms. The number of imidazole rings is 1. The molecule has 1 aliphatic carbocycles. The van der Waals surface area contributed by atoms with Crippen molar-refractivity contribution in [1.29, 1.82) is 0 Å². The number of anilines is 1. The Morgan fingerprint density at radius 3 is 2.61 bits per heavy atom. The molecule has 23 heavy (non-hydrogen) atoms. The minimum absolute atomic E-state index is 0.340. The van der Waals surface area contributed by atoms with Crippen molar-refractivity contribution in [2.45, 2.75) is 56.4 Å². The SMILES string of the molecule is [B]C([B])([B])Nc1cc2c(cn1)nc(C(C)O)n2C1CCCCC1. The Hall–Kier alpha value is -1.43. The van der Waals surface area contributed by atoms with Crippen LogP contribution >= 0.6 is 0 Å². The van der Waals surface area contributed by atoms with Gasteiger partial charge in [-0.25, -0.2) is 9.97 Å². The normalized spacial score (nSPS) is 18.2. The summed E-state index contributed by atoms with van der Waals surface area (Å²) in [6.45, 7) is 1.73. The third-order valence-corrected chi connectivity index (χ3v) is 4.26. The molecular formula is C15H19B3N4O. The van der Waals surface area contributed by atoms with Crippen molar-refractivity contribution in [1.82, 2.24) is 14.5 Å². The van der Waals surface area contributed by atoms with Crippen molar-refractivity contribution in [3.8, 4) is 0 Å². The molecule has 6 radical (unpaired) electrons. The number of hydrogen-bond acceptors (Lipinski definition) is 4. The van der Waals surface area contributed by atoms with Gasteiger partial charge in [-0.15, -0.1) is 0 Å². The van der Waals surface area contributed by atoms with E-state index < -0.39 is 11.3 Å². The van der Waals surface area contributed by atoms with E-state index in [-0.39, 0.29) is 0 Å². The van der Waals surface area contributed by atoms with Gasteiger partial charge in [0.2, 0.25) is 0 Å². The van der Waals surface area contributed by atoms with Gasteiger partial charge in [0.1, 0.15) is 23.3 Å². The number of aliphatic hydroxyl groups excluding tert-OH is 1. The summed E-state index contributed by atoms with van der Waals surface area (Å²) >= 11 is 0. The molecular weight excluding hydrogens is 285 g/mol. The second-order valence-electron chi connectivity index (χ2n) is 6.42. The van der Waals surface area contributed by atoms with E-state index in [1.807, 2.05) is 6.07 Å². The molecule has 1 unspecified atom stereocenters. The van der Waals surface area contributed by atoms with Gasteiger partial charge in [0.15, 0.2) is 0 Å². The lowest BCUT2D eigenvalue weighted by atomic mass is 9.49. The Morgan fingerprint density at radius 2 is 2.00 bits per heavy atom. The first-order valence-corrected chi connectivity index (χ1v) is 8.06. The van der Waals surface area contributed by atoms with Crippen molar-refractivity contribution in [2.24, 2.45) is 0 Å². The second kappa shape index (κ2) is 6.23. The number of fused-ring (bicyclic) bond motifs is 1. The summed E-state index contributed by atoms with van der Waals surface area (Å²) in [5.41, 5.74) is 1.66. The Bertz CT molecular complexity index is 690. The van der Waals surface area contributed by atoms with Gasteiger partial charge in [0, 0.05) is 12.1 Å². The third kappa shape index (κ3) is 3.57. The van der Waals surface area contributed by atoms with E-state index in [0.717, 1.165) is 23.9 Å². The molecule has 5 nitrogen and oxygen atoms in total. The van der Waals surface area contributed by atoms with Crippen LogP contribution in [0.25, 0.3) is 11.0 Å². The van der Waals surface area contributed by atoms with Crippen molar-refractivity contribution in [2.75, 3.05) is 5.32 Å². The highest BCUT2D eigenvalue weighted by Gasteiger charge is 2.24. The number of aliphatic hydroxyl groups is 1. The number of nitrogens with one attached hydrogen (secondary N) is 1. The highest BCUT2D eigenvalue weighted by Crippen LogP contribution is 2.34. The fourth-order valence-electron chi connectivity index (χ4n) is 3.33. The Kier molecular flexibility index (Phi) is 4.45. The quantitative estimate of drug-likeness (QED) is 0.841. The highest BCUT2D eigenvalue weighted by atomic mass is 16.3. The summed E-state index contributed by atoms with van der Waals surface area (Å²) in [5, 5.41) is 11.3. The van der Waals surface area contributed by atoms with Crippen LogP contribution in [0.15, 0.2) is 12.3 Å². The van der Waals surface area contributed by atoms with E-state index in [4.69, 9.17) is 23.5 Å². The molecule has 1 atom stereocenters. The zero-order valence-corrected chi connectivity index (χ0v) is 13.4. The maximum absolute atomic E-state index is 10.1. The monoisotopic (exact) mass is 304 g/mol. The summed E-state index contributed by atoms with van der Waals surface area (Å²) in [6, 6.07) is 2.18. The van der Waals surface area contributed by atoms with Crippen LogP contribution in [0.5, 0.6) is 0 Å². The average Bonchev–Trinajstić information content (AvgIpc) is 2.85. The lowest BCUT2D eigenvalue weighted by Crippen LogP contribution is -2.40. The van der Waals surface area contributed by atoms with E-state index in [2.05, 4.69) is 19.9 Å². The largest absolute Gasteiger partial charge is 0.390 e. The molecule has 2 aromatic heterocycles. The van der Waals surface area contributed by atoms with Crippen molar-refractivity contribution < 1.29 is 5.11 Å². The molecule has 0 aliphatic heterocycles. The minimum atomic E-state index is -1.54. The Balaban J connectivity index is 2.08. The van der Waals surface area contributed by atoms with Gasteiger partial charge in [-0.05, 0) is 19.8 Å². The van der Waals surface area contributed by atoms with Gasteiger partial charge in [0.25, 0.3) is 0 Å². The van der Waals surface area contributed by atoms with Crippen LogP contribution in [0.2, 0.25) is 0 Å². The molecule has 2 aromatic rings. The zero-order chi connectivity index (χ0) is 16.6. The summed E-state index contributed by atoms with van der Waals surface area (Å²) in [6.07, 6.45) is 6.83. The standard InChI is InChI=1S/C15H19B3N4O/c1-9(23)14-20-11-8-19-13(21-15(16,17)18)7-12(11)22(14)10-5-3-2-4-6-10/h7-10,23H,2-6H2,1H3,(H,19,21). The summed E-state index contributed by atoms with van der Waals surface area (Å²) in [5.74, 6) is 1.16. The number of aromatic nitrogens is 3. The van der Waals surface area contributed by atoms with Crippen LogP contribution in [0.4, 0.5) is 5.82 Å². The number of hydrogen-bond donors (Lipinski definition) is 2. The maximum Gasteiger partial charge on any atom is 0.138 e. The molecule has 2 heterocycles. The topological polar surface area (TPSA) is 63.0 Å². The first kappa shape index (κ1) is 16.4. The van der Waals surface area contributed by atoms with E-state index in [0.29, 0.717) is 17.7 Å². The van der Waals surface area contributed by atoms with E-state index in [1.165, 1.54) is 19.3 Å². The first-order valence-electron chi connectivity index (χ1n) is 8.06. The maximum atomic E-state index is 10.1. The predicted molar refractivity (Wildman–Crippen MR) is 93.9 cm³/mol. The highest BCUT2D eigenvalue weighted by molar-refractivity contribution is 6.60. The van der Waals surface area contributed by atoms with Gasteiger partial charge >= 0.3 is 0 Å². The zero-order valence-electron chi connectivity index (χ0n) is 13.4. The van der Waals surface area contributed by atoms with Gasteiger partial charge < -0.3 is 15.0 Å². The van der Waals surface area contributed by atoms with Crippen LogP contribution in [0.1, 0.15) is 57.0 Å². The molecule has 3 rings (SSSR count). The molecule has 0 saturated heterocycles. The number of rotatable bonds is 4. The van der Waals surface area contributed by atoms with Crippen molar-refractivity contribution >= 4 is 40.4 Å². The molecule has 1 saturated carbocycles. The molecule has 1 fully saturated rings. The van der Waals surface area contributed by atoms with Gasteiger partial charge in [0.05, 0.1) is 35.3 Å². The fourth-order valence-corrected chi connectivity index (χ4v) is 3.33. The smallest absolute Gasteiger partial charge is 0.138 e. The summed E-state index contributed by atoms with van der Waals surface area (Å²) in [7, 11) is 16.8. The van der Waals surface area contributed by atoms with E-state index >= 15 is 0 Å². The summed E-state index contributed by atoms with van der Waals surface area (Å²) in [4.78, 5) is 8.80. The molecule has 0 spiro atoms. The Labute approximate surface area is 140 Å². The first-order chi connectivity index (χ1) is 10.8. The molecule has 114 valence electrons. The van der Waals surface area contributed by atoms with Crippen LogP contribution < -0.4 is 5.32 Å². The van der Waals surface area contributed by atoms with Crippen molar-refractivity contribution in [3.63, 3.8) is 0 Å². The van der Waals surface area contributed by atoms with Crippen LogP contribution in [-0.2, 0) is 0 Å².